The topological polar surface area (TPSA) is 44.4 Å². The van der Waals surface area contributed by atoms with Gasteiger partial charge < -0.3 is 15.5 Å². The van der Waals surface area contributed by atoms with Crippen molar-refractivity contribution in [1.29, 1.82) is 0 Å². The number of fused-ring (bicyclic) bond motifs is 2. The number of amides is 1. The van der Waals surface area contributed by atoms with E-state index in [0.717, 1.165) is 13.0 Å². The zero-order valence-electron chi connectivity index (χ0n) is 10.5. The van der Waals surface area contributed by atoms with Crippen LogP contribution in [0.2, 0.25) is 0 Å². The maximum Gasteiger partial charge on any atom is 0.224 e. The summed E-state index contributed by atoms with van der Waals surface area (Å²) < 4.78 is 0. The van der Waals surface area contributed by atoms with Gasteiger partial charge in [-0.1, -0.05) is 0 Å². The third-order valence-electron chi connectivity index (χ3n) is 3.66. The van der Waals surface area contributed by atoms with Crippen LogP contribution in [-0.2, 0) is 4.79 Å². The molecule has 2 fully saturated rings. The number of hydrogen-bond acceptors (Lipinski definition) is 3. The third-order valence-corrected chi connectivity index (χ3v) is 3.66. The van der Waals surface area contributed by atoms with Gasteiger partial charge in [-0.25, -0.2) is 0 Å². The normalized spacial score (nSPS) is 34.4. The van der Waals surface area contributed by atoms with Crippen molar-refractivity contribution >= 4 is 5.91 Å². The first-order valence-corrected chi connectivity index (χ1v) is 6.27. The number of carbonyl (C=O) groups is 1. The van der Waals surface area contributed by atoms with E-state index in [0.29, 0.717) is 12.1 Å². The zero-order chi connectivity index (χ0) is 11.7. The molecule has 2 N–H and O–H groups in total. The average molecular weight is 225 g/mol. The lowest BCUT2D eigenvalue weighted by atomic mass is 9.88. The number of carbonyl (C=O) groups excluding carboxylic acids is 1. The Labute approximate surface area is 97.8 Å². The Kier molecular flexibility index (Phi) is 3.50. The lowest BCUT2D eigenvalue weighted by Gasteiger charge is -2.23. The summed E-state index contributed by atoms with van der Waals surface area (Å²) in [7, 11) is 4.06. The Hall–Kier alpha value is -0.610. The van der Waals surface area contributed by atoms with Gasteiger partial charge in [0.05, 0.1) is 5.92 Å². The summed E-state index contributed by atoms with van der Waals surface area (Å²) in [5.41, 5.74) is 0. The minimum atomic E-state index is 0.211. The van der Waals surface area contributed by atoms with Crippen LogP contribution in [0.15, 0.2) is 0 Å². The second-order valence-electron chi connectivity index (χ2n) is 5.56. The minimum absolute atomic E-state index is 0.211. The number of nitrogens with one attached hydrogen (secondary N) is 2. The van der Waals surface area contributed by atoms with Gasteiger partial charge in [-0.2, -0.15) is 0 Å². The molecule has 4 heteroatoms. The molecule has 2 heterocycles. The van der Waals surface area contributed by atoms with E-state index in [2.05, 4.69) is 22.5 Å². The van der Waals surface area contributed by atoms with Crippen molar-refractivity contribution in [3.63, 3.8) is 0 Å². The summed E-state index contributed by atoms with van der Waals surface area (Å²) in [6.07, 6.45) is 3.46. The molecule has 2 saturated heterocycles. The number of likely N-dealkylation sites (N-methyl/N-ethyl adjacent to an activating group) is 1. The predicted octanol–water partition coefficient (Wildman–Crippen LogP) is 0.193. The van der Waals surface area contributed by atoms with Crippen LogP contribution in [0.25, 0.3) is 0 Å². The summed E-state index contributed by atoms with van der Waals surface area (Å²) in [6, 6.07) is 1.28. The smallest absolute Gasteiger partial charge is 0.224 e. The highest BCUT2D eigenvalue weighted by Gasteiger charge is 2.42. The van der Waals surface area contributed by atoms with Crippen molar-refractivity contribution in [3.05, 3.63) is 0 Å². The molecule has 2 aliphatic heterocycles. The largest absolute Gasteiger partial charge is 0.352 e. The molecule has 92 valence electrons. The van der Waals surface area contributed by atoms with Gasteiger partial charge in [-0.15, -0.1) is 0 Å². The van der Waals surface area contributed by atoms with Crippen LogP contribution in [0, 0.1) is 5.92 Å². The zero-order valence-corrected chi connectivity index (χ0v) is 10.5. The lowest BCUT2D eigenvalue weighted by molar-refractivity contribution is -0.126. The minimum Gasteiger partial charge on any atom is -0.352 e. The van der Waals surface area contributed by atoms with Crippen LogP contribution in [0.1, 0.15) is 26.2 Å². The third kappa shape index (κ3) is 2.55. The molecule has 0 aromatic heterocycles. The van der Waals surface area contributed by atoms with Gasteiger partial charge in [0.25, 0.3) is 0 Å². The van der Waals surface area contributed by atoms with E-state index in [1.807, 2.05) is 14.1 Å². The van der Waals surface area contributed by atoms with Gasteiger partial charge in [0.2, 0.25) is 5.91 Å². The number of hydrogen-bond donors (Lipinski definition) is 2. The first-order chi connectivity index (χ1) is 7.56. The highest BCUT2D eigenvalue weighted by atomic mass is 16.2. The fraction of sp³-hybridized carbons (Fsp3) is 0.917. The summed E-state index contributed by atoms with van der Waals surface area (Å²) in [5, 5.41) is 6.62. The molecule has 2 rings (SSSR count). The Balaban J connectivity index is 1.80. The van der Waals surface area contributed by atoms with Crippen molar-refractivity contribution in [2.24, 2.45) is 5.92 Å². The van der Waals surface area contributed by atoms with E-state index >= 15 is 0 Å². The van der Waals surface area contributed by atoms with Crippen molar-refractivity contribution in [2.75, 3.05) is 20.6 Å². The first kappa shape index (κ1) is 11.9. The van der Waals surface area contributed by atoms with E-state index in [1.54, 1.807) is 0 Å². The van der Waals surface area contributed by atoms with Gasteiger partial charge in [-0.05, 0) is 40.3 Å². The molecule has 0 aromatic carbocycles. The molecule has 0 spiro atoms. The van der Waals surface area contributed by atoms with Crippen LogP contribution < -0.4 is 10.6 Å². The predicted molar refractivity (Wildman–Crippen MR) is 64.2 cm³/mol. The summed E-state index contributed by atoms with van der Waals surface area (Å²) in [5.74, 6) is 0.456. The van der Waals surface area contributed by atoms with Crippen LogP contribution in [0.3, 0.4) is 0 Å². The highest BCUT2D eigenvalue weighted by Crippen LogP contribution is 2.33. The average Bonchev–Trinajstić information content (AvgIpc) is 2.76. The Morgan fingerprint density at radius 2 is 2.25 bits per heavy atom. The van der Waals surface area contributed by atoms with Gasteiger partial charge in [0, 0.05) is 24.7 Å². The molecule has 0 aromatic rings. The van der Waals surface area contributed by atoms with Crippen molar-refractivity contribution in [3.8, 4) is 0 Å². The fourth-order valence-corrected chi connectivity index (χ4v) is 3.06. The standard InChI is InChI=1S/C12H23N3O/c1-8(7-15(2)3)13-12(16)10-6-9-4-5-11(10)14-9/h8-11,14H,4-7H2,1-3H3,(H,13,16). The van der Waals surface area contributed by atoms with Gasteiger partial charge >= 0.3 is 0 Å². The first-order valence-electron chi connectivity index (χ1n) is 6.27. The lowest BCUT2D eigenvalue weighted by Crippen LogP contribution is -2.45. The highest BCUT2D eigenvalue weighted by molar-refractivity contribution is 5.80. The van der Waals surface area contributed by atoms with Crippen molar-refractivity contribution < 1.29 is 4.79 Å². The molecular weight excluding hydrogens is 202 g/mol. The molecule has 16 heavy (non-hydrogen) atoms. The second-order valence-corrected chi connectivity index (χ2v) is 5.56. The molecule has 4 unspecified atom stereocenters. The van der Waals surface area contributed by atoms with Gasteiger partial charge in [-0.3, -0.25) is 4.79 Å². The van der Waals surface area contributed by atoms with Crippen LogP contribution in [0.5, 0.6) is 0 Å². The molecular formula is C12H23N3O. The van der Waals surface area contributed by atoms with E-state index in [4.69, 9.17) is 0 Å². The van der Waals surface area contributed by atoms with Gasteiger partial charge in [0.1, 0.15) is 0 Å². The Morgan fingerprint density at radius 3 is 2.75 bits per heavy atom. The van der Waals surface area contributed by atoms with E-state index in [1.165, 1.54) is 12.8 Å². The van der Waals surface area contributed by atoms with Crippen LogP contribution in [0.4, 0.5) is 0 Å². The van der Waals surface area contributed by atoms with E-state index in [-0.39, 0.29) is 17.9 Å². The molecule has 4 nitrogen and oxygen atoms in total. The molecule has 0 saturated carbocycles. The maximum absolute atomic E-state index is 12.1. The monoisotopic (exact) mass is 225 g/mol. The molecule has 2 aliphatic rings. The van der Waals surface area contributed by atoms with E-state index < -0.39 is 0 Å². The van der Waals surface area contributed by atoms with Crippen molar-refractivity contribution in [1.82, 2.24) is 15.5 Å². The van der Waals surface area contributed by atoms with Crippen LogP contribution in [-0.4, -0.2) is 49.6 Å². The number of rotatable bonds is 4. The summed E-state index contributed by atoms with van der Waals surface area (Å²) in [6.45, 7) is 2.97. The molecule has 0 aliphatic carbocycles. The molecule has 2 bridgehead atoms. The molecule has 0 radical (unpaired) electrons. The Morgan fingerprint density at radius 1 is 1.50 bits per heavy atom. The quantitative estimate of drug-likeness (QED) is 0.718. The second kappa shape index (κ2) is 4.72. The SMILES string of the molecule is CC(CN(C)C)NC(=O)C1CC2CCC1N2. The van der Waals surface area contributed by atoms with Gasteiger partial charge in [0.15, 0.2) is 0 Å². The van der Waals surface area contributed by atoms with E-state index in [9.17, 15) is 4.79 Å². The molecule has 1 amide bonds. The summed E-state index contributed by atoms with van der Waals surface area (Å²) >= 11 is 0. The van der Waals surface area contributed by atoms with Crippen LogP contribution >= 0.6 is 0 Å². The van der Waals surface area contributed by atoms with Crippen molar-refractivity contribution in [2.45, 2.75) is 44.3 Å². The Bertz CT molecular complexity index is 267. The maximum atomic E-state index is 12.1. The number of nitrogens with zero attached hydrogens (tertiary/aromatic N) is 1. The fourth-order valence-electron chi connectivity index (χ4n) is 3.06. The molecule has 4 atom stereocenters. The summed E-state index contributed by atoms with van der Waals surface area (Å²) in [4.78, 5) is 14.2.